The Morgan fingerprint density at radius 2 is 1.48 bits per heavy atom. The van der Waals surface area contributed by atoms with E-state index in [0.29, 0.717) is 18.2 Å². The van der Waals surface area contributed by atoms with Gasteiger partial charge in [-0.25, -0.2) is 0 Å². The fourth-order valence-corrected chi connectivity index (χ4v) is 1.80. The van der Waals surface area contributed by atoms with Gasteiger partial charge in [-0.2, -0.15) is 0 Å². The van der Waals surface area contributed by atoms with Crippen molar-refractivity contribution in [1.82, 2.24) is 0 Å². The van der Waals surface area contributed by atoms with Crippen molar-refractivity contribution in [3.8, 4) is 11.5 Å². The van der Waals surface area contributed by atoms with E-state index < -0.39 is 35.8 Å². The van der Waals surface area contributed by atoms with E-state index in [9.17, 15) is 31.1 Å². The monoisotopic (exact) mass is 389 g/mol. The lowest BCUT2D eigenvalue weighted by Gasteiger charge is -2.14. The van der Waals surface area contributed by atoms with Gasteiger partial charge in [0.1, 0.15) is 11.5 Å². The van der Waals surface area contributed by atoms with Crippen molar-refractivity contribution in [3.63, 3.8) is 0 Å². The summed E-state index contributed by atoms with van der Waals surface area (Å²) in [5.41, 5.74) is -0.460. The van der Waals surface area contributed by atoms with Crippen molar-refractivity contribution in [2.24, 2.45) is 0 Å². The molecule has 0 saturated heterocycles. The van der Waals surface area contributed by atoms with Crippen LogP contribution in [0.3, 0.4) is 0 Å². The molecule has 0 spiro atoms. The third kappa shape index (κ3) is 6.10. The first-order valence-corrected chi connectivity index (χ1v) is 6.52. The first-order chi connectivity index (χ1) is 11.4. The van der Waals surface area contributed by atoms with E-state index in [2.05, 4.69) is 9.47 Å². The Bertz CT molecular complexity index is 736. The summed E-state index contributed by atoms with van der Waals surface area (Å²) in [5, 5.41) is 1.90. The first-order valence-electron chi connectivity index (χ1n) is 6.14. The van der Waals surface area contributed by atoms with Gasteiger partial charge >= 0.3 is 12.7 Å². The van der Waals surface area contributed by atoms with E-state index in [1.165, 1.54) is 6.07 Å². The van der Waals surface area contributed by atoms with E-state index in [1.54, 1.807) is 0 Å². The van der Waals surface area contributed by atoms with Crippen LogP contribution < -0.4 is 14.8 Å². The standard InChI is InChI=1S/C13H6ClF6NO4/c14-10-2-1-9(23-10)11(22)21-6-3-7(24-12(15,16)17)5-8(4-6)25-13(18,19)20/h1-5H,(H,21,22). The van der Waals surface area contributed by atoms with E-state index in [0.717, 1.165) is 6.07 Å². The zero-order valence-electron chi connectivity index (χ0n) is 11.7. The fourth-order valence-electron chi connectivity index (χ4n) is 1.66. The Hall–Kier alpha value is -2.56. The number of ether oxygens (including phenoxy) is 2. The number of hydrogen-bond donors (Lipinski definition) is 1. The summed E-state index contributed by atoms with van der Waals surface area (Å²) in [6.07, 6.45) is -10.3. The van der Waals surface area contributed by atoms with Crippen LogP contribution in [-0.2, 0) is 0 Å². The maximum absolute atomic E-state index is 12.3. The number of halogens is 7. The van der Waals surface area contributed by atoms with Crippen molar-refractivity contribution in [2.75, 3.05) is 5.32 Å². The average Bonchev–Trinajstić information content (AvgIpc) is 2.80. The summed E-state index contributed by atoms with van der Waals surface area (Å²) in [6, 6.07) is 4.04. The molecule has 0 aliphatic rings. The molecule has 0 saturated carbocycles. The maximum Gasteiger partial charge on any atom is 0.573 e. The predicted octanol–water partition coefficient (Wildman–Crippen LogP) is 4.98. The summed E-state index contributed by atoms with van der Waals surface area (Å²) in [5.74, 6) is -3.33. The summed E-state index contributed by atoms with van der Waals surface area (Å²) in [6.45, 7) is 0. The molecule has 1 aromatic carbocycles. The first kappa shape index (κ1) is 18.8. The SMILES string of the molecule is O=C(Nc1cc(OC(F)(F)F)cc(OC(F)(F)F)c1)c1ccc(Cl)o1. The molecule has 5 nitrogen and oxygen atoms in total. The molecule has 1 heterocycles. The van der Waals surface area contributed by atoms with Crippen LogP contribution in [0, 0.1) is 0 Å². The smallest absolute Gasteiger partial charge is 0.440 e. The van der Waals surface area contributed by atoms with Crippen molar-refractivity contribution < 1.29 is 45.0 Å². The lowest BCUT2D eigenvalue weighted by Crippen LogP contribution is -2.19. The second-order valence-corrected chi connectivity index (χ2v) is 4.72. The Morgan fingerprint density at radius 1 is 0.960 bits per heavy atom. The molecule has 1 N–H and O–H groups in total. The molecule has 25 heavy (non-hydrogen) atoms. The molecule has 0 aliphatic carbocycles. The zero-order chi connectivity index (χ0) is 18.8. The number of amides is 1. The molecule has 0 unspecified atom stereocenters. The highest BCUT2D eigenvalue weighted by Crippen LogP contribution is 2.33. The van der Waals surface area contributed by atoms with Crippen LogP contribution in [0.5, 0.6) is 11.5 Å². The van der Waals surface area contributed by atoms with Gasteiger partial charge in [-0.1, -0.05) is 0 Å². The second-order valence-electron chi connectivity index (χ2n) is 4.35. The fraction of sp³-hybridized carbons (Fsp3) is 0.154. The van der Waals surface area contributed by atoms with Crippen molar-refractivity contribution in [3.05, 3.63) is 41.3 Å². The van der Waals surface area contributed by atoms with Gasteiger partial charge in [-0.3, -0.25) is 4.79 Å². The predicted molar refractivity (Wildman–Crippen MR) is 71.5 cm³/mol. The van der Waals surface area contributed by atoms with Crippen molar-refractivity contribution in [2.45, 2.75) is 12.7 Å². The normalized spacial score (nSPS) is 12.0. The van der Waals surface area contributed by atoms with Gasteiger partial charge in [-0.15, -0.1) is 26.3 Å². The zero-order valence-corrected chi connectivity index (χ0v) is 12.4. The van der Waals surface area contributed by atoms with Crippen LogP contribution in [0.25, 0.3) is 0 Å². The largest absolute Gasteiger partial charge is 0.573 e. The number of anilines is 1. The number of carbonyl (C=O) groups is 1. The third-order valence-corrected chi connectivity index (χ3v) is 2.61. The van der Waals surface area contributed by atoms with E-state index in [1.807, 2.05) is 5.32 Å². The Balaban J connectivity index is 2.30. The van der Waals surface area contributed by atoms with Gasteiger partial charge in [0.25, 0.3) is 5.91 Å². The maximum atomic E-state index is 12.3. The lowest BCUT2D eigenvalue weighted by atomic mass is 10.2. The number of carbonyl (C=O) groups excluding carboxylic acids is 1. The summed E-state index contributed by atoms with van der Waals surface area (Å²) in [4.78, 5) is 11.8. The molecular weight excluding hydrogens is 384 g/mol. The Morgan fingerprint density at radius 3 is 1.88 bits per heavy atom. The van der Waals surface area contributed by atoms with Crippen molar-refractivity contribution >= 4 is 23.2 Å². The van der Waals surface area contributed by atoms with Crippen LogP contribution in [-0.4, -0.2) is 18.6 Å². The molecule has 0 radical (unpaired) electrons. The van der Waals surface area contributed by atoms with Crippen LogP contribution in [0.4, 0.5) is 32.0 Å². The highest BCUT2D eigenvalue weighted by atomic mass is 35.5. The molecule has 1 aromatic heterocycles. The van der Waals surface area contributed by atoms with Gasteiger partial charge in [0, 0.05) is 23.9 Å². The quantitative estimate of drug-likeness (QED) is 0.749. The summed E-state index contributed by atoms with van der Waals surface area (Å²) in [7, 11) is 0. The Kier molecular flexibility index (Phi) is 5.07. The van der Waals surface area contributed by atoms with E-state index in [4.69, 9.17) is 16.0 Å². The molecule has 12 heteroatoms. The molecule has 0 bridgehead atoms. The summed E-state index contributed by atoms with van der Waals surface area (Å²) < 4.78 is 85.5. The Labute approximate surface area is 140 Å². The van der Waals surface area contributed by atoms with Gasteiger partial charge in [0.15, 0.2) is 11.0 Å². The summed E-state index contributed by atoms with van der Waals surface area (Å²) >= 11 is 5.47. The lowest BCUT2D eigenvalue weighted by molar-refractivity contribution is -0.276. The van der Waals surface area contributed by atoms with Crippen LogP contribution >= 0.6 is 11.6 Å². The molecule has 136 valence electrons. The van der Waals surface area contributed by atoms with E-state index >= 15 is 0 Å². The highest BCUT2D eigenvalue weighted by molar-refractivity contribution is 6.29. The van der Waals surface area contributed by atoms with Gasteiger partial charge < -0.3 is 19.2 Å². The molecular formula is C13H6ClF6NO4. The number of nitrogens with one attached hydrogen (secondary N) is 1. The molecule has 0 atom stereocenters. The number of hydrogen-bond acceptors (Lipinski definition) is 4. The van der Waals surface area contributed by atoms with Gasteiger partial charge in [-0.05, 0) is 23.7 Å². The average molecular weight is 390 g/mol. The highest BCUT2D eigenvalue weighted by Gasteiger charge is 2.34. The minimum atomic E-state index is -5.16. The molecule has 0 aliphatic heterocycles. The topological polar surface area (TPSA) is 60.7 Å². The number of furan rings is 1. The van der Waals surface area contributed by atoms with Crippen LogP contribution in [0.2, 0.25) is 5.22 Å². The molecule has 2 rings (SSSR count). The molecule has 1 amide bonds. The minimum Gasteiger partial charge on any atom is -0.440 e. The van der Waals surface area contributed by atoms with Crippen LogP contribution in [0.15, 0.2) is 34.7 Å². The van der Waals surface area contributed by atoms with E-state index in [-0.39, 0.29) is 11.0 Å². The van der Waals surface area contributed by atoms with Crippen LogP contribution in [0.1, 0.15) is 10.6 Å². The number of rotatable bonds is 4. The third-order valence-electron chi connectivity index (χ3n) is 2.40. The van der Waals surface area contributed by atoms with Gasteiger partial charge in [0.2, 0.25) is 0 Å². The molecule has 0 fully saturated rings. The number of benzene rings is 1. The van der Waals surface area contributed by atoms with Crippen molar-refractivity contribution in [1.29, 1.82) is 0 Å². The number of alkyl halides is 6. The minimum absolute atomic E-state index is 0.139. The molecule has 2 aromatic rings. The second kappa shape index (κ2) is 6.75. The van der Waals surface area contributed by atoms with Gasteiger partial charge in [0.05, 0.1) is 0 Å².